The second-order valence-electron chi connectivity index (χ2n) is 6.01. The topological polar surface area (TPSA) is 66.8 Å². The fourth-order valence-corrected chi connectivity index (χ4v) is 3.29. The molecular formula is C16H17F2NO4. The Bertz CT molecular complexity index is 645. The van der Waals surface area contributed by atoms with E-state index in [0.29, 0.717) is 12.8 Å². The SMILES string of the molecule is O=C(O)C1CN(C(=O)C2(c3ccc(F)cc3F)CCC2)CCO1. The molecule has 1 aliphatic carbocycles. The number of benzene rings is 1. The van der Waals surface area contributed by atoms with Gasteiger partial charge in [-0.25, -0.2) is 13.6 Å². The van der Waals surface area contributed by atoms with Gasteiger partial charge < -0.3 is 14.7 Å². The van der Waals surface area contributed by atoms with Gasteiger partial charge in [0.05, 0.1) is 18.6 Å². The van der Waals surface area contributed by atoms with Crippen LogP contribution in [0.2, 0.25) is 0 Å². The van der Waals surface area contributed by atoms with E-state index in [-0.39, 0.29) is 31.2 Å². The molecule has 0 spiro atoms. The summed E-state index contributed by atoms with van der Waals surface area (Å²) in [4.78, 5) is 25.4. The Morgan fingerprint density at radius 2 is 2.04 bits per heavy atom. The molecule has 0 aromatic heterocycles. The first-order valence-electron chi connectivity index (χ1n) is 7.53. The van der Waals surface area contributed by atoms with E-state index < -0.39 is 29.1 Å². The summed E-state index contributed by atoms with van der Waals surface area (Å²) in [5, 5.41) is 9.04. The van der Waals surface area contributed by atoms with Gasteiger partial charge in [0.15, 0.2) is 6.10 Å². The number of ether oxygens (including phenoxy) is 1. The zero-order valence-corrected chi connectivity index (χ0v) is 12.4. The predicted octanol–water partition coefficient (Wildman–Crippen LogP) is 1.70. The highest BCUT2D eigenvalue weighted by atomic mass is 19.1. The molecule has 1 aromatic carbocycles. The maximum atomic E-state index is 14.2. The van der Waals surface area contributed by atoms with E-state index >= 15 is 0 Å². The van der Waals surface area contributed by atoms with E-state index in [9.17, 15) is 18.4 Å². The fraction of sp³-hybridized carbons (Fsp3) is 0.500. The summed E-state index contributed by atoms with van der Waals surface area (Å²) in [5.74, 6) is -2.85. The summed E-state index contributed by atoms with van der Waals surface area (Å²) >= 11 is 0. The number of carboxylic acid groups (broad SMARTS) is 1. The fourth-order valence-electron chi connectivity index (χ4n) is 3.29. The number of aliphatic carboxylic acids is 1. The highest BCUT2D eigenvalue weighted by molar-refractivity contribution is 5.90. The summed E-state index contributed by atoms with van der Waals surface area (Å²) in [6.45, 7) is 0.344. The molecule has 1 N–H and O–H groups in total. The van der Waals surface area contributed by atoms with Crippen molar-refractivity contribution in [3.8, 4) is 0 Å². The van der Waals surface area contributed by atoms with Gasteiger partial charge in [0.25, 0.3) is 0 Å². The second-order valence-corrected chi connectivity index (χ2v) is 6.01. The highest BCUT2D eigenvalue weighted by Gasteiger charge is 2.50. The van der Waals surface area contributed by atoms with E-state index in [2.05, 4.69) is 0 Å². The zero-order valence-electron chi connectivity index (χ0n) is 12.4. The van der Waals surface area contributed by atoms with Gasteiger partial charge in [0, 0.05) is 18.2 Å². The number of carbonyl (C=O) groups excluding carboxylic acids is 1. The minimum atomic E-state index is -1.13. The van der Waals surface area contributed by atoms with Crippen molar-refractivity contribution < 1.29 is 28.2 Å². The van der Waals surface area contributed by atoms with Crippen molar-refractivity contribution in [3.63, 3.8) is 0 Å². The number of amides is 1. The van der Waals surface area contributed by atoms with Crippen molar-refractivity contribution in [1.29, 1.82) is 0 Å². The van der Waals surface area contributed by atoms with Crippen LogP contribution in [0.15, 0.2) is 18.2 Å². The number of morpholine rings is 1. The quantitative estimate of drug-likeness (QED) is 0.918. The summed E-state index contributed by atoms with van der Waals surface area (Å²) in [6.07, 6.45) is 0.658. The van der Waals surface area contributed by atoms with E-state index in [1.54, 1.807) is 0 Å². The van der Waals surface area contributed by atoms with Gasteiger partial charge in [-0.2, -0.15) is 0 Å². The molecule has 1 saturated carbocycles. The summed E-state index contributed by atoms with van der Waals surface area (Å²) in [6, 6.07) is 3.24. The van der Waals surface area contributed by atoms with Crippen molar-refractivity contribution >= 4 is 11.9 Å². The Balaban J connectivity index is 1.88. The Hall–Kier alpha value is -2.02. The van der Waals surface area contributed by atoms with E-state index in [1.165, 1.54) is 11.0 Å². The van der Waals surface area contributed by atoms with E-state index in [0.717, 1.165) is 18.6 Å². The van der Waals surface area contributed by atoms with Gasteiger partial charge in [0.2, 0.25) is 5.91 Å². The second kappa shape index (κ2) is 5.88. The molecule has 0 radical (unpaired) electrons. The van der Waals surface area contributed by atoms with Crippen LogP contribution in [0.5, 0.6) is 0 Å². The maximum absolute atomic E-state index is 14.2. The highest BCUT2D eigenvalue weighted by Crippen LogP contribution is 2.46. The van der Waals surface area contributed by atoms with Crippen molar-refractivity contribution in [2.45, 2.75) is 30.8 Å². The molecule has 1 saturated heterocycles. The van der Waals surface area contributed by atoms with Crippen LogP contribution in [-0.4, -0.2) is 47.7 Å². The molecule has 0 bridgehead atoms. The number of nitrogens with zero attached hydrogens (tertiary/aromatic N) is 1. The first-order valence-corrected chi connectivity index (χ1v) is 7.53. The lowest BCUT2D eigenvalue weighted by molar-refractivity contribution is -0.162. The van der Waals surface area contributed by atoms with Crippen LogP contribution in [0, 0.1) is 11.6 Å². The number of carbonyl (C=O) groups is 2. The van der Waals surface area contributed by atoms with Gasteiger partial charge >= 0.3 is 5.97 Å². The van der Waals surface area contributed by atoms with Crippen LogP contribution in [0.1, 0.15) is 24.8 Å². The molecule has 7 heteroatoms. The molecule has 23 heavy (non-hydrogen) atoms. The zero-order chi connectivity index (χ0) is 16.6. The number of halogens is 2. The Kier molecular flexibility index (Phi) is 4.06. The predicted molar refractivity (Wildman–Crippen MR) is 75.8 cm³/mol. The van der Waals surface area contributed by atoms with Crippen molar-refractivity contribution in [2.75, 3.05) is 19.7 Å². The maximum Gasteiger partial charge on any atom is 0.334 e. The molecule has 1 atom stereocenters. The lowest BCUT2D eigenvalue weighted by atomic mass is 9.63. The van der Waals surface area contributed by atoms with Crippen LogP contribution in [-0.2, 0) is 19.7 Å². The van der Waals surface area contributed by atoms with Gasteiger partial charge in [-0.05, 0) is 18.9 Å². The monoisotopic (exact) mass is 325 g/mol. The normalized spacial score (nSPS) is 23.2. The van der Waals surface area contributed by atoms with Crippen molar-refractivity contribution in [2.24, 2.45) is 0 Å². The Morgan fingerprint density at radius 3 is 2.61 bits per heavy atom. The number of hydrogen-bond donors (Lipinski definition) is 1. The van der Waals surface area contributed by atoms with E-state index in [1.807, 2.05) is 0 Å². The minimum absolute atomic E-state index is 0.0568. The van der Waals surface area contributed by atoms with Crippen LogP contribution >= 0.6 is 0 Å². The Morgan fingerprint density at radius 1 is 1.30 bits per heavy atom. The molecule has 3 rings (SSSR count). The molecule has 5 nitrogen and oxygen atoms in total. The van der Waals surface area contributed by atoms with Crippen LogP contribution in [0.4, 0.5) is 8.78 Å². The van der Waals surface area contributed by atoms with E-state index in [4.69, 9.17) is 9.84 Å². The summed E-state index contributed by atoms with van der Waals surface area (Å²) < 4.78 is 32.4. The smallest absolute Gasteiger partial charge is 0.334 e. The van der Waals surface area contributed by atoms with Crippen molar-refractivity contribution in [1.82, 2.24) is 4.90 Å². The van der Waals surface area contributed by atoms with Crippen LogP contribution in [0.3, 0.4) is 0 Å². The third-order valence-corrected chi connectivity index (χ3v) is 4.69. The standard InChI is InChI=1S/C16H17F2NO4/c17-10-2-3-11(12(18)8-10)16(4-1-5-16)15(22)19-6-7-23-13(9-19)14(20)21/h2-3,8,13H,1,4-7,9H2,(H,20,21). The van der Waals surface area contributed by atoms with Crippen LogP contribution < -0.4 is 0 Å². The molecule has 1 heterocycles. The first-order chi connectivity index (χ1) is 10.9. The third kappa shape index (κ3) is 2.69. The molecule has 1 aliphatic heterocycles. The Labute approximate surface area is 131 Å². The van der Waals surface area contributed by atoms with Gasteiger partial charge in [-0.1, -0.05) is 12.5 Å². The number of carboxylic acids is 1. The third-order valence-electron chi connectivity index (χ3n) is 4.69. The molecule has 2 aliphatic rings. The van der Waals surface area contributed by atoms with Crippen LogP contribution in [0.25, 0.3) is 0 Å². The van der Waals surface area contributed by atoms with Crippen molar-refractivity contribution in [3.05, 3.63) is 35.4 Å². The molecule has 2 fully saturated rings. The van der Waals surface area contributed by atoms with Gasteiger partial charge in [-0.15, -0.1) is 0 Å². The molecule has 124 valence electrons. The number of hydrogen-bond acceptors (Lipinski definition) is 3. The molecule has 1 unspecified atom stereocenters. The first kappa shape index (κ1) is 15.9. The minimum Gasteiger partial charge on any atom is -0.479 e. The lowest BCUT2D eigenvalue weighted by Gasteiger charge is -2.45. The number of rotatable bonds is 3. The summed E-state index contributed by atoms with van der Waals surface area (Å²) in [5.41, 5.74) is -0.827. The summed E-state index contributed by atoms with van der Waals surface area (Å²) in [7, 11) is 0. The lowest BCUT2D eigenvalue weighted by Crippen LogP contribution is -2.57. The molecule has 1 aromatic rings. The van der Waals surface area contributed by atoms with Gasteiger partial charge in [-0.3, -0.25) is 4.79 Å². The average molecular weight is 325 g/mol. The largest absolute Gasteiger partial charge is 0.479 e. The average Bonchev–Trinajstić information content (AvgIpc) is 2.48. The molecule has 1 amide bonds. The molecular weight excluding hydrogens is 308 g/mol. The van der Waals surface area contributed by atoms with Gasteiger partial charge in [0.1, 0.15) is 11.6 Å².